The van der Waals surface area contributed by atoms with Crippen LogP contribution in [0.15, 0.2) is 48.5 Å². The number of fused-ring (bicyclic) bond motifs is 1. The Morgan fingerprint density at radius 2 is 1.54 bits per heavy atom. The van der Waals surface area contributed by atoms with Crippen molar-refractivity contribution in [2.45, 2.75) is 71.1 Å². The molecular weight excluding hydrogens is 460 g/mol. The van der Waals surface area contributed by atoms with Crippen LogP contribution in [0.3, 0.4) is 0 Å². The van der Waals surface area contributed by atoms with Crippen molar-refractivity contribution in [3.63, 3.8) is 0 Å². The number of Topliss-reactive ketones (excluding diaryl/α,β-unsaturated/α-hetero) is 3. The maximum atomic E-state index is 13.7. The molecule has 2 saturated carbocycles. The molecule has 0 amide bonds. The minimum absolute atomic E-state index is 0.0330. The Bertz CT molecular complexity index is 1190. The van der Waals surface area contributed by atoms with Gasteiger partial charge in [0.15, 0.2) is 5.78 Å². The second-order valence-electron chi connectivity index (χ2n) is 11.5. The molecular formula is C33H38O4. The van der Waals surface area contributed by atoms with Crippen LogP contribution in [0.5, 0.6) is 5.75 Å². The number of carbonyl (C=O) groups is 3. The predicted octanol–water partition coefficient (Wildman–Crippen LogP) is 6.83. The SMILES string of the molecule is COc1cc2c(cc1C(=O)C1CCC(Cc3ccccc3)CC1)C(C(=O)C(=O)C1CCC(C)CC1)=CC2. The number of hydrogen-bond acceptors (Lipinski definition) is 4. The lowest BCUT2D eigenvalue weighted by Crippen LogP contribution is -2.28. The fourth-order valence-electron chi connectivity index (χ4n) is 6.58. The molecule has 3 aliphatic rings. The molecule has 0 aromatic heterocycles. The molecule has 0 unspecified atom stereocenters. The number of methoxy groups -OCH3 is 1. The van der Waals surface area contributed by atoms with E-state index in [4.69, 9.17) is 4.74 Å². The maximum absolute atomic E-state index is 13.7. The van der Waals surface area contributed by atoms with E-state index in [1.54, 1.807) is 7.11 Å². The maximum Gasteiger partial charge on any atom is 0.229 e. The van der Waals surface area contributed by atoms with Gasteiger partial charge in [-0.3, -0.25) is 14.4 Å². The summed E-state index contributed by atoms with van der Waals surface area (Å²) >= 11 is 0. The van der Waals surface area contributed by atoms with Crippen molar-refractivity contribution in [3.8, 4) is 5.75 Å². The highest BCUT2D eigenvalue weighted by molar-refractivity contribution is 6.54. The molecule has 0 heterocycles. The molecule has 0 N–H and O–H groups in total. The summed E-state index contributed by atoms with van der Waals surface area (Å²) in [4.78, 5) is 40.0. The zero-order chi connectivity index (χ0) is 25.9. The number of allylic oxidation sites excluding steroid dienone is 2. The molecule has 0 saturated heterocycles. The Hall–Kier alpha value is -3.01. The molecule has 0 aliphatic heterocycles. The van der Waals surface area contributed by atoms with Gasteiger partial charge in [-0.25, -0.2) is 0 Å². The number of benzene rings is 2. The monoisotopic (exact) mass is 498 g/mol. The molecule has 4 nitrogen and oxygen atoms in total. The molecule has 0 atom stereocenters. The Labute approximate surface area is 220 Å². The van der Waals surface area contributed by atoms with E-state index >= 15 is 0 Å². The Morgan fingerprint density at radius 1 is 0.865 bits per heavy atom. The van der Waals surface area contributed by atoms with Gasteiger partial charge in [-0.1, -0.05) is 56.2 Å². The molecule has 2 aromatic rings. The van der Waals surface area contributed by atoms with E-state index in [1.807, 2.05) is 24.3 Å². The Balaban J connectivity index is 1.29. The number of rotatable bonds is 8. The second kappa shape index (κ2) is 11.2. The van der Waals surface area contributed by atoms with Gasteiger partial charge in [-0.15, -0.1) is 0 Å². The smallest absolute Gasteiger partial charge is 0.229 e. The average molecular weight is 499 g/mol. The molecule has 194 valence electrons. The van der Waals surface area contributed by atoms with Crippen molar-refractivity contribution >= 4 is 22.9 Å². The first kappa shape index (κ1) is 25.6. The summed E-state index contributed by atoms with van der Waals surface area (Å²) in [5, 5.41) is 0. The van der Waals surface area contributed by atoms with Gasteiger partial charge in [-0.2, -0.15) is 0 Å². The van der Waals surface area contributed by atoms with Crippen LogP contribution in [-0.4, -0.2) is 24.5 Å². The van der Waals surface area contributed by atoms with E-state index in [2.05, 4.69) is 31.2 Å². The molecule has 0 spiro atoms. The van der Waals surface area contributed by atoms with Crippen LogP contribution in [0.4, 0.5) is 0 Å². The quantitative estimate of drug-likeness (QED) is 0.296. The van der Waals surface area contributed by atoms with Crippen LogP contribution in [0.1, 0.15) is 85.3 Å². The van der Waals surface area contributed by atoms with Gasteiger partial charge in [-0.05, 0) is 92.0 Å². The van der Waals surface area contributed by atoms with Gasteiger partial charge in [0.25, 0.3) is 0 Å². The number of ketones is 3. The van der Waals surface area contributed by atoms with Crippen molar-refractivity contribution in [2.75, 3.05) is 7.11 Å². The standard InChI is InChI=1S/C33H38O4/c1-21-8-12-25(13-9-21)32(35)33(36)27-17-16-26-19-30(37-2)29(20-28(26)27)31(34)24-14-10-23(11-15-24)18-22-6-4-3-5-7-22/h3-7,17,19-21,23-25H,8-16,18H2,1-2H3. The highest BCUT2D eigenvalue weighted by Gasteiger charge is 2.35. The van der Waals surface area contributed by atoms with E-state index in [9.17, 15) is 14.4 Å². The zero-order valence-corrected chi connectivity index (χ0v) is 22.1. The lowest BCUT2D eigenvalue weighted by atomic mass is 9.76. The predicted molar refractivity (Wildman–Crippen MR) is 146 cm³/mol. The van der Waals surface area contributed by atoms with Crippen molar-refractivity contribution < 1.29 is 19.1 Å². The molecule has 2 fully saturated rings. The zero-order valence-electron chi connectivity index (χ0n) is 22.1. The molecule has 5 rings (SSSR count). The number of ether oxygens (including phenoxy) is 1. The topological polar surface area (TPSA) is 60.4 Å². The van der Waals surface area contributed by atoms with Gasteiger partial charge >= 0.3 is 0 Å². The molecule has 37 heavy (non-hydrogen) atoms. The van der Waals surface area contributed by atoms with E-state index in [0.717, 1.165) is 68.9 Å². The second-order valence-corrected chi connectivity index (χ2v) is 11.5. The normalized spacial score (nSPS) is 25.2. The van der Waals surface area contributed by atoms with Crippen LogP contribution in [-0.2, 0) is 22.4 Å². The first-order chi connectivity index (χ1) is 17.9. The lowest BCUT2D eigenvalue weighted by molar-refractivity contribution is -0.136. The summed E-state index contributed by atoms with van der Waals surface area (Å²) in [6.07, 6.45) is 10.9. The molecule has 0 radical (unpaired) electrons. The van der Waals surface area contributed by atoms with Crippen molar-refractivity contribution in [1.82, 2.24) is 0 Å². The third kappa shape index (κ3) is 5.49. The highest BCUT2D eigenvalue weighted by atomic mass is 16.5. The van der Waals surface area contributed by atoms with Gasteiger partial charge in [0.05, 0.1) is 12.7 Å². The largest absolute Gasteiger partial charge is 0.496 e. The van der Waals surface area contributed by atoms with Crippen LogP contribution < -0.4 is 4.74 Å². The third-order valence-electron chi connectivity index (χ3n) is 8.95. The minimum Gasteiger partial charge on any atom is -0.496 e. The molecule has 0 bridgehead atoms. The number of carbonyl (C=O) groups excluding carboxylic acids is 3. The summed E-state index contributed by atoms with van der Waals surface area (Å²) < 4.78 is 5.64. The molecule has 4 heteroatoms. The Morgan fingerprint density at radius 3 is 2.22 bits per heavy atom. The fraction of sp³-hybridized carbons (Fsp3) is 0.485. The first-order valence-electron chi connectivity index (χ1n) is 14.0. The summed E-state index contributed by atoms with van der Waals surface area (Å²) in [5.74, 6) is 1.06. The van der Waals surface area contributed by atoms with Crippen LogP contribution in [0.2, 0.25) is 0 Å². The van der Waals surface area contributed by atoms with Gasteiger partial charge in [0.1, 0.15) is 5.75 Å². The van der Waals surface area contributed by atoms with Crippen molar-refractivity contribution in [1.29, 1.82) is 0 Å². The Kier molecular flexibility index (Phi) is 7.73. The lowest BCUT2D eigenvalue weighted by Gasteiger charge is -2.28. The van der Waals surface area contributed by atoms with Gasteiger partial charge in [0, 0.05) is 17.4 Å². The van der Waals surface area contributed by atoms with Crippen LogP contribution in [0.25, 0.3) is 5.57 Å². The highest BCUT2D eigenvalue weighted by Crippen LogP contribution is 2.39. The average Bonchev–Trinajstić information content (AvgIpc) is 3.35. The first-order valence-corrected chi connectivity index (χ1v) is 14.0. The summed E-state index contributed by atoms with van der Waals surface area (Å²) in [6, 6.07) is 14.3. The van der Waals surface area contributed by atoms with Crippen molar-refractivity contribution in [2.24, 2.45) is 23.7 Å². The molecule has 3 aliphatic carbocycles. The van der Waals surface area contributed by atoms with E-state index in [1.165, 1.54) is 5.56 Å². The number of hydrogen-bond donors (Lipinski definition) is 0. The van der Waals surface area contributed by atoms with Gasteiger partial charge in [0.2, 0.25) is 11.6 Å². The van der Waals surface area contributed by atoms with Crippen LogP contribution >= 0.6 is 0 Å². The van der Waals surface area contributed by atoms with E-state index in [-0.39, 0.29) is 29.2 Å². The fourth-order valence-corrected chi connectivity index (χ4v) is 6.58. The minimum atomic E-state index is -0.386. The van der Waals surface area contributed by atoms with Gasteiger partial charge < -0.3 is 4.74 Å². The molecule has 2 aromatic carbocycles. The summed E-state index contributed by atoms with van der Waals surface area (Å²) in [7, 11) is 1.59. The summed E-state index contributed by atoms with van der Waals surface area (Å²) in [6.45, 7) is 2.21. The third-order valence-corrected chi connectivity index (χ3v) is 8.95. The van der Waals surface area contributed by atoms with Crippen molar-refractivity contribution in [3.05, 3.63) is 70.8 Å². The van der Waals surface area contributed by atoms with Crippen LogP contribution in [0, 0.1) is 23.7 Å². The van der Waals surface area contributed by atoms with E-state index < -0.39 is 0 Å². The van der Waals surface area contributed by atoms with E-state index in [0.29, 0.717) is 35.1 Å². The summed E-state index contributed by atoms with van der Waals surface area (Å²) in [5.41, 5.74) is 4.07.